The summed E-state index contributed by atoms with van der Waals surface area (Å²) in [5.41, 5.74) is 3.09. The fourth-order valence-electron chi connectivity index (χ4n) is 2.11. The predicted octanol–water partition coefficient (Wildman–Crippen LogP) is 3.54. The van der Waals surface area contributed by atoms with E-state index < -0.39 is 5.97 Å². The van der Waals surface area contributed by atoms with Crippen molar-refractivity contribution in [3.8, 4) is 11.3 Å². The lowest BCUT2D eigenvalue weighted by molar-refractivity contribution is 0.0697. The molecule has 0 fully saturated rings. The molecule has 3 rings (SSSR count). The Morgan fingerprint density at radius 1 is 1.29 bits per heavy atom. The number of hydrogen-bond donors (Lipinski definition) is 3. The van der Waals surface area contributed by atoms with Gasteiger partial charge in [0.15, 0.2) is 4.64 Å². The number of H-pyrrole nitrogens is 2. The zero-order valence-corrected chi connectivity index (χ0v) is 11.4. The lowest BCUT2D eigenvalue weighted by Crippen LogP contribution is -1.94. The minimum absolute atomic E-state index is 0.191. The van der Waals surface area contributed by atoms with Crippen molar-refractivity contribution in [3.63, 3.8) is 0 Å². The van der Waals surface area contributed by atoms with Gasteiger partial charge in [0.25, 0.3) is 0 Å². The molecule has 0 aliphatic rings. The van der Waals surface area contributed by atoms with Crippen LogP contribution in [0.2, 0.25) is 0 Å². The smallest absolute Gasteiger partial charge is 0.335 e. The largest absolute Gasteiger partial charge is 0.478 e. The molecule has 0 aliphatic carbocycles. The number of nitrogens with one attached hydrogen (secondary N) is 2. The summed E-state index contributed by atoms with van der Waals surface area (Å²) < 4.78 is 0.377. The Balaban J connectivity index is 2.25. The van der Waals surface area contributed by atoms with Gasteiger partial charge >= 0.3 is 5.97 Å². The number of aromatic nitrogens is 3. The van der Waals surface area contributed by atoms with E-state index in [0.29, 0.717) is 32.6 Å². The number of carbonyl (C=O) groups is 1. The maximum absolute atomic E-state index is 10.9. The number of aromatic carboxylic acids is 1. The Labute approximate surface area is 123 Å². The first-order chi connectivity index (χ1) is 10.1. The molecular weight excluding hydrogens is 288 g/mol. The van der Waals surface area contributed by atoms with Crippen LogP contribution in [0.15, 0.2) is 30.6 Å². The van der Waals surface area contributed by atoms with E-state index in [0.717, 1.165) is 0 Å². The summed E-state index contributed by atoms with van der Waals surface area (Å²) in [5.74, 6) is -0.992. The molecule has 102 valence electrons. The van der Waals surface area contributed by atoms with E-state index in [-0.39, 0.29) is 5.56 Å². The molecule has 0 atom stereocenters. The van der Waals surface area contributed by atoms with Crippen LogP contribution in [-0.4, -0.2) is 26.0 Å². The van der Waals surface area contributed by atoms with Crippen molar-refractivity contribution >= 4 is 34.9 Å². The first-order valence-corrected chi connectivity index (χ1v) is 6.33. The lowest BCUT2D eigenvalue weighted by atomic mass is 10.1. The minimum Gasteiger partial charge on any atom is -0.478 e. The Morgan fingerprint density at radius 3 is 2.62 bits per heavy atom. The van der Waals surface area contributed by atoms with Crippen molar-refractivity contribution in [2.75, 3.05) is 0 Å². The number of nitrogens with zero attached hydrogens (tertiary/aromatic N) is 2. The van der Waals surface area contributed by atoms with Gasteiger partial charge in [0.2, 0.25) is 5.69 Å². The number of rotatable bonds is 2. The Morgan fingerprint density at radius 2 is 2.00 bits per heavy atom. The van der Waals surface area contributed by atoms with E-state index in [1.54, 1.807) is 12.1 Å². The molecule has 0 saturated carbocycles. The molecule has 7 heteroatoms. The zero-order valence-electron chi connectivity index (χ0n) is 10.5. The molecule has 1 aromatic carbocycles. The predicted molar refractivity (Wildman–Crippen MR) is 79.9 cm³/mol. The molecule has 2 heterocycles. The second-order valence-electron chi connectivity index (χ2n) is 4.30. The van der Waals surface area contributed by atoms with Crippen LogP contribution < -0.4 is 0 Å². The fourth-order valence-corrected chi connectivity index (χ4v) is 2.32. The maximum atomic E-state index is 10.9. The van der Waals surface area contributed by atoms with Crippen molar-refractivity contribution < 1.29 is 9.90 Å². The summed E-state index contributed by atoms with van der Waals surface area (Å²) in [6, 6.07) is 6.29. The van der Waals surface area contributed by atoms with E-state index >= 15 is 0 Å². The number of hydrogen-bond acceptors (Lipinski definition) is 3. The van der Waals surface area contributed by atoms with Crippen molar-refractivity contribution in [1.29, 1.82) is 0 Å². The quantitative estimate of drug-likeness (QED) is 0.498. The van der Waals surface area contributed by atoms with Crippen LogP contribution in [0.25, 0.3) is 27.1 Å². The van der Waals surface area contributed by atoms with Crippen LogP contribution in [0.4, 0.5) is 5.69 Å². The van der Waals surface area contributed by atoms with Crippen molar-refractivity contribution in [3.05, 3.63) is 52.2 Å². The van der Waals surface area contributed by atoms with Gasteiger partial charge in [-0.3, -0.25) is 0 Å². The number of aromatic amines is 2. The number of carboxylic acid groups (broad SMARTS) is 1. The SMILES string of the molecule is [C-]#[N+]c1c(-c2ccc(C(=O)O)cc2)[nH]c2c(=S)nc[nH]c12. The summed E-state index contributed by atoms with van der Waals surface area (Å²) in [5, 5.41) is 8.91. The van der Waals surface area contributed by atoms with Gasteiger partial charge in [-0.05, 0) is 17.7 Å². The summed E-state index contributed by atoms with van der Waals surface area (Å²) in [7, 11) is 0. The van der Waals surface area contributed by atoms with E-state index in [1.807, 2.05) is 0 Å². The van der Waals surface area contributed by atoms with Crippen molar-refractivity contribution in [1.82, 2.24) is 15.0 Å². The number of fused-ring (bicyclic) bond motifs is 1. The molecule has 0 saturated heterocycles. The number of carboxylic acids is 1. The third kappa shape index (κ3) is 2.07. The van der Waals surface area contributed by atoms with E-state index in [1.165, 1.54) is 18.5 Å². The van der Waals surface area contributed by atoms with Gasteiger partial charge in [0.1, 0.15) is 0 Å². The van der Waals surface area contributed by atoms with Gasteiger partial charge in [-0.1, -0.05) is 24.4 Å². The van der Waals surface area contributed by atoms with Gasteiger partial charge in [-0.2, -0.15) is 0 Å². The fraction of sp³-hybridized carbons (Fsp3) is 0. The average Bonchev–Trinajstić information content (AvgIpc) is 2.87. The highest BCUT2D eigenvalue weighted by Gasteiger charge is 2.15. The Hall–Kier alpha value is -2.98. The maximum Gasteiger partial charge on any atom is 0.335 e. The molecule has 0 aliphatic heterocycles. The molecule has 0 radical (unpaired) electrons. The van der Waals surface area contributed by atoms with Crippen LogP contribution in [0, 0.1) is 11.2 Å². The molecule has 6 nitrogen and oxygen atoms in total. The van der Waals surface area contributed by atoms with Gasteiger partial charge in [-0.25, -0.2) is 14.6 Å². The second-order valence-corrected chi connectivity index (χ2v) is 4.69. The first kappa shape index (κ1) is 13.0. The Bertz CT molecular complexity index is 948. The first-order valence-electron chi connectivity index (χ1n) is 5.92. The van der Waals surface area contributed by atoms with Gasteiger partial charge in [0.05, 0.1) is 35.2 Å². The molecule has 2 aromatic heterocycles. The van der Waals surface area contributed by atoms with Crippen molar-refractivity contribution in [2.45, 2.75) is 0 Å². The molecule has 0 unspecified atom stereocenters. The van der Waals surface area contributed by atoms with Crippen LogP contribution in [-0.2, 0) is 0 Å². The van der Waals surface area contributed by atoms with Crippen LogP contribution >= 0.6 is 12.2 Å². The highest BCUT2D eigenvalue weighted by Crippen LogP contribution is 2.36. The zero-order chi connectivity index (χ0) is 15.0. The molecule has 0 spiro atoms. The van der Waals surface area contributed by atoms with Crippen LogP contribution in [0.1, 0.15) is 10.4 Å². The Kier molecular flexibility index (Phi) is 3.01. The van der Waals surface area contributed by atoms with Gasteiger partial charge in [-0.15, -0.1) is 0 Å². The third-order valence-electron chi connectivity index (χ3n) is 3.11. The van der Waals surface area contributed by atoms with Crippen molar-refractivity contribution in [2.24, 2.45) is 0 Å². The third-order valence-corrected chi connectivity index (χ3v) is 3.42. The lowest BCUT2D eigenvalue weighted by Gasteiger charge is -2.00. The molecule has 3 aromatic rings. The highest BCUT2D eigenvalue weighted by atomic mass is 32.1. The minimum atomic E-state index is -0.992. The van der Waals surface area contributed by atoms with E-state index in [4.69, 9.17) is 23.9 Å². The monoisotopic (exact) mass is 296 g/mol. The number of benzene rings is 1. The second kappa shape index (κ2) is 4.85. The standard InChI is InChI=1S/C14H8N4O2S/c1-15-10-9(7-2-4-8(5-3-7)14(19)20)18-12-11(10)16-6-17-13(12)21/h2-6,18H,(H,19,20)(H,16,17,21). The van der Waals surface area contributed by atoms with Gasteiger partial charge < -0.3 is 15.1 Å². The van der Waals surface area contributed by atoms with Crippen LogP contribution in [0.3, 0.4) is 0 Å². The molecule has 0 amide bonds. The average molecular weight is 296 g/mol. The van der Waals surface area contributed by atoms with E-state index in [2.05, 4.69) is 19.8 Å². The molecule has 3 N–H and O–H groups in total. The van der Waals surface area contributed by atoms with E-state index in [9.17, 15) is 4.79 Å². The summed E-state index contributed by atoms with van der Waals surface area (Å²) in [4.78, 5) is 24.4. The van der Waals surface area contributed by atoms with Gasteiger partial charge in [0, 0.05) is 0 Å². The normalized spacial score (nSPS) is 10.4. The summed E-state index contributed by atoms with van der Waals surface area (Å²) in [6.45, 7) is 7.35. The summed E-state index contributed by atoms with van der Waals surface area (Å²) >= 11 is 5.14. The molecule has 21 heavy (non-hydrogen) atoms. The molecular formula is C14H8N4O2S. The topological polar surface area (TPSA) is 86.1 Å². The summed E-state index contributed by atoms with van der Waals surface area (Å²) in [6.07, 6.45) is 1.45. The van der Waals surface area contributed by atoms with Crippen LogP contribution in [0.5, 0.6) is 0 Å². The highest BCUT2D eigenvalue weighted by molar-refractivity contribution is 7.71. The molecule has 0 bridgehead atoms.